The molecule has 3 atom stereocenters. The van der Waals surface area contributed by atoms with Crippen LogP contribution in [0.2, 0.25) is 0 Å². The number of nitrogens with one attached hydrogen (secondary N) is 2. The molecule has 5 nitrogen and oxygen atoms in total. The number of amides is 2. The summed E-state index contributed by atoms with van der Waals surface area (Å²) in [4.78, 5) is 12.2. The Balaban J connectivity index is 1.61. The number of fused-ring (bicyclic) bond motifs is 1. The van der Waals surface area contributed by atoms with Crippen molar-refractivity contribution in [3.05, 3.63) is 24.0 Å². The highest BCUT2D eigenvalue weighted by atomic mass is 19.1. The first-order chi connectivity index (χ1) is 11.3. The van der Waals surface area contributed by atoms with Crippen molar-refractivity contribution < 1.29 is 18.7 Å². The van der Waals surface area contributed by atoms with Crippen LogP contribution in [0.25, 0.3) is 0 Å². The van der Waals surface area contributed by atoms with Gasteiger partial charge in [-0.2, -0.15) is 0 Å². The number of carbonyl (C=O) groups is 1. The second-order valence-electron chi connectivity index (χ2n) is 7.45. The number of halogens is 1. The van der Waals surface area contributed by atoms with Crippen molar-refractivity contribution in [1.82, 2.24) is 5.32 Å². The molecule has 1 aromatic carbocycles. The van der Waals surface area contributed by atoms with Gasteiger partial charge in [0, 0.05) is 30.0 Å². The maximum absolute atomic E-state index is 14.1. The van der Waals surface area contributed by atoms with E-state index < -0.39 is 11.8 Å². The van der Waals surface area contributed by atoms with Gasteiger partial charge < -0.3 is 20.1 Å². The number of hydrogen-bond donors (Lipinski definition) is 2. The molecule has 6 heteroatoms. The summed E-state index contributed by atoms with van der Waals surface area (Å²) in [6.07, 6.45) is 1.12. The van der Waals surface area contributed by atoms with E-state index in [1.54, 1.807) is 6.07 Å². The van der Waals surface area contributed by atoms with E-state index >= 15 is 0 Å². The zero-order valence-corrected chi connectivity index (χ0v) is 14.6. The molecule has 0 spiro atoms. The average Bonchev–Trinajstić information content (AvgIpc) is 2.94. The van der Waals surface area contributed by atoms with Gasteiger partial charge in [0.2, 0.25) is 0 Å². The molecule has 0 aromatic heterocycles. The SMILES string of the molecule is CC(C)Oc1ccc(NC(=O)N[C@@H]2[C@H]3CCO[C@H]3C2(C)C)c(F)c1. The third-order valence-corrected chi connectivity index (χ3v) is 4.95. The predicted octanol–water partition coefficient (Wildman–Crippen LogP) is 3.55. The lowest BCUT2D eigenvalue weighted by Gasteiger charge is -2.54. The first kappa shape index (κ1) is 17.0. The van der Waals surface area contributed by atoms with Gasteiger partial charge in [0.25, 0.3) is 0 Å². The number of benzene rings is 1. The lowest BCUT2D eigenvalue weighted by molar-refractivity contribution is -0.107. The number of anilines is 1. The highest BCUT2D eigenvalue weighted by Crippen LogP contribution is 2.52. The van der Waals surface area contributed by atoms with E-state index in [-0.39, 0.29) is 29.4 Å². The molecule has 0 unspecified atom stereocenters. The van der Waals surface area contributed by atoms with Crippen LogP contribution in [0.15, 0.2) is 18.2 Å². The normalized spacial score (nSPS) is 27.3. The summed E-state index contributed by atoms with van der Waals surface area (Å²) >= 11 is 0. The standard InChI is InChI=1S/C18H25FN2O3/c1-10(2)24-11-5-6-14(13(19)9-11)20-17(22)21-15-12-7-8-23-16(12)18(15,3)4/h5-6,9-10,12,15-16H,7-8H2,1-4H3,(H2,20,21,22)/t12-,15-,16-/m1/s1. The number of ether oxygens (including phenoxy) is 2. The molecule has 3 rings (SSSR count). The van der Waals surface area contributed by atoms with Gasteiger partial charge in [-0.05, 0) is 32.4 Å². The molecule has 1 aliphatic carbocycles. The molecule has 0 bridgehead atoms. The van der Waals surface area contributed by atoms with Gasteiger partial charge in [-0.1, -0.05) is 13.8 Å². The van der Waals surface area contributed by atoms with Gasteiger partial charge in [-0.25, -0.2) is 9.18 Å². The van der Waals surface area contributed by atoms with Gasteiger partial charge in [-0.15, -0.1) is 0 Å². The second-order valence-corrected chi connectivity index (χ2v) is 7.45. The summed E-state index contributed by atoms with van der Waals surface area (Å²) in [7, 11) is 0. The number of carbonyl (C=O) groups excluding carboxylic acids is 1. The van der Waals surface area contributed by atoms with Crippen molar-refractivity contribution in [2.75, 3.05) is 11.9 Å². The molecule has 1 heterocycles. The Labute approximate surface area is 141 Å². The quantitative estimate of drug-likeness (QED) is 0.884. The van der Waals surface area contributed by atoms with Crippen LogP contribution in [0.1, 0.15) is 34.1 Å². The molecule has 1 saturated heterocycles. The summed E-state index contributed by atoms with van der Waals surface area (Å²) in [5.41, 5.74) is 0.0337. The fraction of sp³-hybridized carbons (Fsp3) is 0.611. The Morgan fingerprint density at radius 2 is 2.17 bits per heavy atom. The van der Waals surface area contributed by atoms with E-state index in [2.05, 4.69) is 24.5 Å². The lowest BCUT2D eigenvalue weighted by Crippen LogP contribution is -2.67. The van der Waals surface area contributed by atoms with Crippen LogP contribution >= 0.6 is 0 Å². The number of rotatable bonds is 4. The average molecular weight is 336 g/mol. The largest absolute Gasteiger partial charge is 0.491 e. The van der Waals surface area contributed by atoms with Crippen LogP contribution < -0.4 is 15.4 Å². The monoisotopic (exact) mass is 336 g/mol. The van der Waals surface area contributed by atoms with E-state index in [9.17, 15) is 9.18 Å². The van der Waals surface area contributed by atoms with Crippen LogP contribution in [0.3, 0.4) is 0 Å². The second kappa shape index (κ2) is 6.24. The molecule has 2 amide bonds. The molecule has 2 aliphatic rings. The first-order valence-electron chi connectivity index (χ1n) is 8.44. The number of urea groups is 1. The Morgan fingerprint density at radius 1 is 1.42 bits per heavy atom. The molecule has 2 fully saturated rings. The maximum atomic E-state index is 14.1. The Bertz CT molecular complexity index is 633. The predicted molar refractivity (Wildman–Crippen MR) is 89.7 cm³/mol. The highest BCUT2D eigenvalue weighted by molar-refractivity contribution is 5.89. The van der Waals surface area contributed by atoms with Crippen molar-refractivity contribution >= 4 is 11.7 Å². The molecule has 1 aliphatic heterocycles. The Morgan fingerprint density at radius 3 is 2.83 bits per heavy atom. The zero-order chi connectivity index (χ0) is 17.5. The third kappa shape index (κ3) is 3.07. The van der Waals surface area contributed by atoms with Gasteiger partial charge in [0.15, 0.2) is 0 Å². The van der Waals surface area contributed by atoms with Gasteiger partial charge >= 0.3 is 6.03 Å². The van der Waals surface area contributed by atoms with Gasteiger partial charge in [0.1, 0.15) is 11.6 Å². The Hall–Kier alpha value is -1.82. The minimum atomic E-state index is -0.516. The van der Waals surface area contributed by atoms with Crippen molar-refractivity contribution in [2.45, 2.75) is 52.4 Å². The van der Waals surface area contributed by atoms with Gasteiger partial charge in [0.05, 0.1) is 17.9 Å². The van der Waals surface area contributed by atoms with E-state index in [0.29, 0.717) is 11.7 Å². The minimum absolute atomic E-state index is 0.0334. The Kier molecular flexibility index (Phi) is 4.42. The van der Waals surface area contributed by atoms with Crippen LogP contribution in [-0.2, 0) is 4.74 Å². The fourth-order valence-electron chi connectivity index (χ4n) is 3.86. The maximum Gasteiger partial charge on any atom is 0.319 e. The number of hydrogen-bond acceptors (Lipinski definition) is 3. The first-order valence-corrected chi connectivity index (χ1v) is 8.44. The summed E-state index contributed by atoms with van der Waals surface area (Å²) in [6, 6.07) is 4.09. The van der Waals surface area contributed by atoms with Crippen LogP contribution in [0.4, 0.5) is 14.9 Å². The smallest absolute Gasteiger partial charge is 0.319 e. The van der Waals surface area contributed by atoms with Gasteiger partial charge in [-0.3, -0.25) is 0 Å². The molecule has 132 valence electrons. The van der Waals surface area contributed by atoms with E-state index in [1.165, 1.54) is 12.1 Å². The summed E-state index contributed by atoms with van der Waals surface area (Å²) in [5, 5.41) is 5.56. The van der Waals surface area contributed by atoms with Crippen molar-refractivity contribution in [3.8, 4) is 5.75 Å². The van der Waals surface area contributed by atoms with Crippen molar-refractivity contribution in [3.63, 3.8) is 0 Å². The molecule has 1 saturated carbocycles. The lowest BCUT2D eigenvalue weighted by atomic mass is 9.57. The van der Waals surface area contributed by atoms with Crippen LogP contribution in [-0.4, -0.2) is 30.9 Å². The molecular formula is C18H25FN2O3. The minimum Gasteiger partial charge on any atom is -0.491 e. The van der Waals surface area contributed by atoms with E-state index in [1.807, 2.05) is 13.8 Å². The van der Waals surface area contributed by atoms with E-state index in [0.717, 1.165) is 13.0 Å². The molecule has 0 radical (unpaired) electrons. The molecule has 2 N–H and O–H groups in total. The highest BCUT2D eigenvalue weighted by Gasteiger charge is 2.59. The van der Waals surface area contributed by atoms with E-state index in [4.69, 9.17) is 9.47 Å². The molecule has 1 aromatic rings. The van der Waals surface area contributed by atoms with Crippen molar-refractivity contribution in [1.29, 1.82) is 0 Å². The zero-order valence-electron chi connectivity index (χ0n) is 14.6. The summed E-state index contributed by atoms with van der Waals surface area (Å²) in [6.45, 7) is 8.66. The topological polar surface area (TPSA) is 59.6 Å². The van der Waals surface area contributed by atoms with Crippen molar-refractivity contribution in [2.24, 2.45) is 11.3 Å². The summed E-state index contributed by atoms with van der Waals surface area (Å²) in [5.74, 6) is 0.273. The van der Waals surface area contributed by atoms with Crippen LogP contribution in [0, 0.1) is 17.2 Å². The third-order valence-electron chi connectivity index (χ3n) is 4.95. The summed E-state index contributed by atoms with van der Waals surface area (Å²) < 4.78 is 25.3. The van der Waals surface area contributed by atoms with Crippen LogP contribution in [0.5, 0.6) is 5.75 Å². The molecular weight excluding hydrogens is 311 g/mol. The molecule has 24 heavy (non-hydrogen) atoms. The fourth-order valence-corrected chi connectivity index (χ4v) is 3.86.